The number of hydrogen-bond donors (Lipinski definition) is 1. The molecule has 0 aromatic heterocycles. The summed E-state index contributed by atoms with van der Waals surface area (Å²) < 4.78 is 13.0. The molecular weight excluding hydrogens is 179 g/mol. The highest BCUT2D eigenvalue weighted by molar-refractivity contribution is 5.47. The van der Waals surface area contributed by atoms with Crippen LogP contribution in [0.3, 0.4) is 0 Å². The fourth-order valence-corrected chi connectivity index (χ4v) is 1.53. The molecule has 2 N–H and O–H groups in total. The van der Waals surface area contributed by atoms with Crippen molar-refractivity contribution in [2.45, 2.75) is 19.9 Å². The molecule has 2 nitrogen and oxygen atoms in total. The quantitative estimate of drug-likeness (QED) is 0.798. The summed E-state index contributed by atoms with van der Waals surface area (Å²) in [5, 5.41) is 0. The predicted octanol–water partition coefficient (Wildman–Crippen LogP) is 2.00. The molecule has 1 aromatic rings. The molecule has 14 heavy (non-hydrogen) atoms. The SMILES string of the molecule is CCN(c1cccc(F)c1)C(C)CN. The molecule has 0 radical (unpaired) electrons. The molecule has 0 saturated carbocycles. The third kappa shape index (κ3) is 2.45. The average Bonchev–Trinajstić information content (AvgIpc) is 2.19. The lowest BCUT2D eigenvalue weighted by Crippen LogP contribution is -2.38. The second-order valence-corrected chi connectivity index (χ2v) is 3.35. The largest absolute Gasteiger partial charge is 0.368 e. The molecule has 78 valence electrons. The number of benzene rings is 1. The summed E-state index contributed by atoms with van der Waals surface area (Å²) in [6.45, 7) is 5.48. The Kier molecular flexibility index (Phi) is 3.89. The van der Waals surface area contributed by atoms with Gasteiger partial charge < -0.3 is 10.6 Å². The zero-order chi connectivity index (χ0) is 10.6. The first-order chi connectivity index (χ1) is 6.69. The van der Waals surface area contributed by atoms with E-state index < -0.39 is 0 Å². The van der Waals surface area contributed by atoms with Crippen LogP contribution in [0.2, 0.25) is 0 Å². The topological polar surface area (TPSA) is 29.3 Å². The number of anilines is 1. The zero-order valence-corrected chi connectivity index (χ0v) is 8.70. The molecule has 0 amide bonds. The van der Waals surface area contributed by atoms with Crippen molar-refractivity contribution in [2.24, 2.45) is 5.73 Å². The molecule has 1 aromatic carbocycles. The lowest BCUT2D eigenvalue weighted by atomic mass is 10.2. The molecule has 0 bridgehead atoms. The maximum Gasteiger partial charge on any atom is 0.125 e. The Balaban J connectivity index is 2.89. The van der Waals surface area contributed by atoms with E-state index in [9.17, 15) is 4.39 Å². The predicted molar refractivity (Wildman–Crippen MR) is 57.9 cm³/mol. The Labute approximate surface area is 84.5 Å². The lowest BCUT2D eigenvalue weighted by Gasteiger charge is -2.29. The Hall–Kier alpha value is -1.09. The number of rotatable bonds is 4. The normalized spacial score (nSPS) is 12.6. The molecule has 0 heterocycles. The van der Waals surface area contributed by atoms with E-state index in [1.165, 1.54) is 12.1 Å². The highest BCUT2D eigenvalue weighted by atomic mass is 19.1. The summed E-state index contributed by atoms with van der Waals surface area (Å²) in [6, 6.07) is 6.84. The fourth-order valence-electron chi connectivity index (χ4n) is 1.53. The summed E-state index contributed by atoms with van der Waals surface area (Å²) in [6.07, 6.45) is 0. The molecule has 1 atom stereocenters. The first-order valence-corrected chi connectivity index (χ1v) is 4.91. The third-order valence-corrected chi connectivity index (χ3v) is 2.35. The van der Waals surface area contributed by atoms with Gasteiger partial charge in [-0.2, -0.15) is 0 Å². The van der Waals surface area contributed by atoms with E-state index in [1.54, 1.807) is 6.07 Å². The number of halogens is 1. The summed E-state index contributed by atoms with van der Waals surface area (Å²) in [4.78, 5) is 2.09. The number of likely N-dealkylation sites (N-methyl/N-ethyl adjacent to an activating group) is 1. The second-order valence-electron chi connectivity index (χ2n) is 3.35. The molecule has 1 unspecified atom stereocenters. The average molecular weight is 196 g/mol. The van der Waals surface area contributed by atoms with Crippen LogP contribution in [-0.2, 0) is 0 Å². The van der Waals surface area contributed by atoms with Gasteiger partial charge in [-0.25, -0.2) is 4.39 Å². The summed E-state index contributed by atoms with van der Waals surface area (Å²) in [7, 11) is 0. The molecular formula is C11H17FN2. The van der Waals surface area contributed by atoms with Gasteiger partial charge in [0.05, 0.1) is 0 Å². The molecule has 1 rings (SSSR count). The number of nitrogens with two attached hydrogens (primary N) is 1. The van der Waals surface area contributed by atoms with E-state index in [4.69, 9.17) is 5.73 Å². The first kappa shape index (κ1) is 11.0. The first-order valence-electron chi connectivity index (χ1n) is 4.91. The van der Waals surface area contributed by atoms with Crippen molar-refractivity contribution in [3.8, 4) is 0 Å². The fraction of sp³-hybridized carbons (Fsp3) is 0.455. The summed E-state index contributed by atoms with van der Waals surface area (Å²) in [5.74, 6) is -0.204. The smallest absolute Gasteiger partial charge is 0.125 e. The van der Waals surface area contributed by atoms with Crippen molar-refractivity contribution in [2.75, 3.05) is 18.0 Å². The van der Waals surface area contributed by atoms with Gasteiger partial charge >= 0.3 is 0 Å². The van der Waals surface area contributed by atoms with E-state index >= 15 is 0 Å². The highest BCUT2D eigenvalue weighted by Crippen LogP contribution is 2.17. The second kappa shape index (κ2) is 4.96. The number of hydrogen-bond acceptors (Lipinski definition) is 2. The molecule has 3 heteroatoms. The van der Waals surface area contributed by atoms with Crippen molar-refractivity contribution in [3.63, 3.8) is 0 Å². The van der Waals surface area contributed by atoms with Crippen LogP contribution in [0.15, 0.2) is 24.3 Å². The van der Waals surface area contributed by atoms with Crippen LogP contribution in [0.5, 0.6) is 0 Å². The van der Waals surface area contributed by atoms with E-state index in [1.807, 2.05) is 19.9 Å². The maximum atomic E-state index is 13.0. The zero-order valence-electron chi connectivity index (χ0n) is 8.70. The van der Waals surface area contributed by atoms with E-state index in [2.05, 4.69) is 4.90 Å². The standard InChI is InChI=1S/C11H17FN2/c1-3-14(9(2)8-13)11-6-4-5-10(12)7-11/h4-7,9H,3,8,13H2,1-2H3. The van der Waals surface area contributed by atoms with Gasteiger partial charge in [0.1, 0.15) is 5.82 Å². The molecule has 0 saturated heterocycles. The van der Waals surface area contributed by atoms with Crippen LogP contribution >= 0.6 is 0 Å². The van der Waals surface area contributed by atoms with E-state index in [-0.39, 0.29) is 11.9 Å². The van der Waals surface area contributed by atoms with Crippen LogP contribution in [0.1, 0.15) is 13.8 Å². The Morgan fingerprint density at radius 3 is 2.71 bits per heavy atom. The van der Waals surface area contributed by atoms with Crippen LogP contribution in [0.25, 0.3) is 0 Å². The van der Waals surface area contributed by atoms with Gasteiger partial charge in [-0.15, -0.1) is 0 Å². The molecule has 0 aliphatic carbocycles. The van der Waals surface area contributed by atoms with E-state index in [0.717, 1.165) is 12.2 Å². The molecule has 0 spiro atoms. The number of nitrogens with zero attached hydrogens (tertiary/aromatic N) is 1. The van der Waals surface area contributed by atoms with Gasteiger partial charge in [-0.1, -0.05) is 6.07 Å². The van der Waals surface area contributed by atoms with Gasteiger partial charge in [-0.05, 0) is 32.0 Å². The van der Waals surface area contributed by atoms with E-state index in [0.29, 0.717) is 6.54 Å². The third-order valence-electron chi connectivity index (χ3n) is 2.35. The van der Waals surface area contributed by atoms with Crippen LogP contribution < -0.4 is 10.6 Å². The Morgan fingerprint density at radius 1 is 1.50 bits per heavy atom. The Morgan fingerprint density at radius 2 is 2.21 bits per heavy atom. The van der Waals surface area contributed by atoms with Crippen molar-refractivity contribution in [3.05, 3.63) is 30.1 Å². The minimum atomic E-state index is -0.204. The van der Waals surface area contributed by atoms with Gasteiger partial charge in [0.25, 0.3) is 0 Å². The minimum absolute atomic E-state index is 0.204. The summed E-state index contributed by atoms with van der Waals surface area (Å²) in [5.41, 5.74) is 6.48. The van der Waals surface area contributed by atoms with Gasteiger partial charge in [-0.3, -0.25) is 0 Å². The molecule has 0 fully saturated rings. The van der Waals surface area contributed by atoms with Crippen molar-refractivity contribution < 1.29 is 4.39 Å². The van der Waals surface area contributed by atoms with Crippen LogP contribution in [0.4, 0.5) is 10.1 Å². The van der Waals surface area contributed by atoms with Crippen molar-refractivity contribution in [1.82, 2.24) is 0 Å². The Bertz CT molecular complexity index is 288. The molecule has 0 aliphatic heterocycles. The van der Waals surface area contributed by atoms with Crippen molar-refractivity contribution >= 4 is 5.69 Å². The lowest BCUT2D eigenvalue weighted by molar-refractivity contribution is 0.619. The van der Waals surface area contributed by atoms with Crippen LogP contribution in [-0.4, -0.2) is 19.1 Å². The molecule has 0 aliphatic rings. The van der Waals surface area contributed by atoms with Crippen LogP contribution in [0, 0.1) is 5.82 Å². The van der Waals surface area contributed by atoms with Gasteiger partial charge in [0.2, 0.25) is 0 Å². The summed E-state index contributed by atoms with van der Waals surface area (Å²) >= 11 is 0. The highest BCUT2D eigenvalue weighted by Gasteiger charge is 2.10. The van der Waals surface area contributed by atoms with Gasteiger partial charge in [0, 0.05) is 24.8 Å². The maximum absolute atomic E-state index is 13.0. The van der Waals surface area contributed by atoms with Gasteiger partial charge in [0.15, 0.2) is 0 Å². The minimum Gasteiger partial charge on any atom is -0.368 e. The van der Waals surface area contributed by atoms with Crippen molar-refractivity contribution in [1.29, 1.82) is 0 Å². The monoisotopic (exact) mass is 196 g/mol.